The highest BCUT2D eigenvalue weighted by molar-refractivity contribution is 7.89. The third-order valence-electron chi connectivity index (χ3n) is 7.79. The van der Waals surface area contributed by atoms with Crippen molar-refractivity contribution in [2.75, 3.05) is 31.9 Å². The van der Waals surface area contributed by atoms with Crippen molar-refractivity contribution in [2.45, 2.75) is 51.5 Å². The van der Waals surface area contributed by atoms with Crippen molar-refractivity contribution < 1.29 is 13.2 Å². The van der Waals surface area contributed by atoms with Gasteiger partial charge in [-0.1, -0.05) is 0 Å². The summed E-state index contributed by atoms with van der Waals surface area (Å²) in [5.41, 5.74) is 10.3. The number of thiophene rings is 1. The molecule has 1 atom stereocenters. The highest BCUT2D eigenvalue weighted by Crippen LogP contribution is 2.39. The lowest BCUT2D eigenvalue weighted by atomic mass is 9.88. The lowest BCUT2D eigenvalue weighted by Gasteiger charge is -2.31. The number of amides is 1. The molecular formula is C26H34N4O3S2. The normalized spacial score (nSPS) is 19.5. The molecule has 1 amide bonds. The van der Waals surface area contributed by atoms with Crippen molar-refractivity contribution in [2.24, 2.45) is 5.73 Å². The summed E-state index contributed by atoms with van der Waals surface area (Å²) in [6.45, 7) is 7.31. The predicted octanol–water partition coefficient (Wildman–Crippen LogP) is 4.68. The van der Waals surface area contributed by atoms with Crippen LogP contribution in [0.4, 0.5) is 0 Å². The summed E-state index contributed by atoms with van der Waals surface area (Å²) < 4.78 is 26.2. The number of aromatic amines is 1. The number of nitrogens with one attached hydrogen (secondary N) is 1. The minimum absolute atomic E-state index is 0.134. The van der Waals surface area contributed by atoms with E-state index in [1.54, 1.807) is 22.6 Å². The Morgan fingerprint density at radius 1 is 1.14 bits per heavy atom. The molecule has 0 bridgehead atoms. The van der Waals surface area contributed by atoms with Crippen LogP contribution in [0.1, 0.15) is 72.3 Å². The van der Waals surface area contributed by atoms with Gasteiger partial charge in [-0.05, 0) is 98.8 Å². The topological polar surface area (TPSA) is 99.5 Å². The average Bonchev–Trinajstić information content (AvgIpc) is 3.63. The number of aromatic nitrogens is 1. The number of carbonyl (C=O) groups is 1. The molecule has 2 aliphatic rings. The molecule has 5 rings (SSSR count). The molecule has 188 valence electrons. The lowest BCUT2D eigenvalue weighted by Crippen LogP contribution is -2.38. The van der Waals surface area contributed by atoms with E-state index in [1.807, 2.05) is 12.3 Å². The van der Waals surface area contributed by atoms with Gasteiger partial charge < -0.3 is 10.7 Å². The smallest absolute Gasteiger partial charge is 0.250 e. The largest absolute Gasteiger partial charge is 0.366 e. The second-order valence-electron chi connectivity index (χ2n) is 9.79. The Hall–Kier alpha value is -2.20. The molecule has 0 spiro atoms. The van der Waals surface area contributed by atoms with Crippen LogP contribution in [0.5, 0.6) is 0 Å². The van der Waals surface area contributed by atoms with Gasteiger partial charge in [0.15, 0.2) is 0 Å². The molecule has 1 aromatic carbocycles. The van der Waals surface area contributed by atoms with Crippen LogP contribution in [0.3, 0.4) is 0 Å². The summed E-state index contributed by atoms with van der Waals surface area (Å²) in [5.74, 6) is -0.0824. The Labute approximate surface area is 211 Å². The zero-order valence-corrected chi connectivity index (χ0v) is 22.1. The fourth-order valence-corrected chi connectivity index (χ4v) is 7.75. The number of carbonyl (C=O) groups excluding carboxylic acids is 1. The first-order valence-electron chi connectivity index (χ1n) is 12.5. The predicted molar refractivity (Wildman–Crippen MR) is 142 cm³/mol. The fourth-order valence-electron chi connectivity index (χ4n) is 5.61. The highest BCUT2D eigenvalue weighted by atomic mass is 32.2. The quantitative estimate of drug-likeness (QED) is 0.478. The highest BCUT2D eigenvalue weighted by Gasteiger charge is 2.29. The molecule has 0 saturated carbocycles. The average molecular weight is 515 g/mol. The Morgan fingerprint density at radius 2 is 1.86 bits per heavy atom. The Morgan fingerprint density at radius 3 is 2.51 bits per heavy atom. The zero-order valence-electron chi connectivity index (χ0n) is 20.4. The molecule has 2 fully saturated rings. The second-order valence-corrected chi connectivity index (χ2v) is 13.0. The number of nitrogens with zero attached hydrogens (tertiary/aromatic N) is 2. The van der Waals surface area contributed by atoms with Gasteiger partial charge in [0.2, 0.25) is 10.0 Å². The van der Waals surface area contributed by atoms with Crippen LogP contribution in [0.15, 0.2) is 29.8 Å². The minimum Gasteiger partial charge on any atom is -0.366 e. The van der Waals surface area contributed by atoms with Crippen LogP contribution in [0.2, 0.25) is 0 Å². The number of rotatable bonds is 7. The molecule has 1 unspecified atom stereocenters. The van der Waals surface area contributed by atoms with E-state index in [0.717, 1.165) is 53.5 Å². The molecule has 2 aliphatic heterocycles. The maximum atomic E-state index is 12.4. The number of sulfonamides is 1. The summed E-state index contributed by atoms with van der Waals surface area (Å²) >= 11 is 1.77. The Balaban J connectivity index is 1.47. The van der Waals surface area contributed by atoms with E-state index < -0.39 is 15.9 Å². The fraction of sp³-hybridized carbons (Fsp3) is 0.500. The standard InChI is InChI=1S/C26H34N4O3S2/c1-3-35(32,33)30-10-6-18(7-11-30)23-15-28-25-21(23)12-19(13-22(25)26(27)31)20-14-24(34-16-20)17(2)29-8-4-5-9-29/h12-18,28H,3-11H2,1-2H3,(H2,27,31). The van der Waals surface area contributed by atoms with Gasteiger partial charge in [-0.15, -0.1) is 11.3 Å². The maximum absolute atomic E-state index is 12.4. The van der Waals surface area contributed by atoms with Crippen molar-refractivity contribution in [1.29, 1.82) is 0 Å². The molecule has 0 aliphatic carbocycles. The first kappa shape index (κ1) is 24.5. The van der Waals surface area contributed by atoms with E-state index in [9.17, 15) is 13.2 Å². The molecule has 2 aromatic heterocycles. The van der Waals surface area contributed by atoms with Crippen LogP contribution in [0, 0.1) is 0 Å². The second kappa shape index (κ2) is 9.69. The first-order chi connectivity index (χ1) is 16.8. The van der Waals surface area contributed by atoms with E-state index in [2.05, 4.69) is 34.3 Å². The zero-order chi connectivity index (χ0) is 24.7. The van der Waals surface area contributed by atoms with Crippen LogP contribution >= 0.6 is 11.3 Å². The van der Waals surface area contributed by atoms with Gasteiger partial charge >= 0.3 is 0 Å². The van der Waals surface area contributed by atoms with E-state index in [1.165, 1.54) is 17.7 Å². The SMILES string of the molecule is CCS(=O)(=O)N1CCC(c2c[nH]c3c(C(N)=O)cc(-c4csc(C(C)N5CCCC5)c4)cc23)CC1. The van der Waals surface area contributed by atoms with Crippen molar-refractivity contribution in [1.82, 2.24) is 14.2 Å². The Bertz CT molecular complexity index is 1330. The van der Waals surface area contributed by atoms with Crippen LogP contribution in [0.25, 0.3) is 22.0 Å². The van der Waals surface area contributed by atoms with Gasteiger partial charge in [0, 0.05) is 35.6 Å². The van der Waals surface area contributed by atoms with E-state index >= 15 is 0 Å². The number of benzene rings is 1. The summed E-state index contributed by atoms with van der Waals surface area (Å²) in [5, 5.41) is 3.18. The van der Waals surface area contributed by atoms with Gasteiger partial charge in [-0.25, -0.2) is 12.7 Å². The van der Waals surface area contributed by atoms with Crippen molar-refractivity contribution in [3.05, 3.63) is 45.8 Å². The molecule has 0 radical (unpaired) electrons. The van der Waals surface area contributed by atoms with Crippen molar-refractivity contribution >= 4 is 38.2 Å². The van der Waals surface area contributed by atoms with Gasteiger partial charge in [0.25, 0.3) is 5.91 Å². The van der Waals surface area contributed by atoms with E-state index in [4.69, 9.17) is 5.73 Å². The summed E-state index contributed by atoms with van der Waals surface area (Å²) in [6, 6.07) is 6.70. The minimum atomic E-state index is -3.17. The van der Waals surface area contributed by atoms with Gasteiger partial charge in [-0.2, -0.15) is 0 Å². The molecular weight excluding hydrogens is 480 g/mol. The van der Waals surface area contributed by atoms with E-state index in [0.29, 0.717) is 24.7 Å². The monoisotopic (exact) mass is 514 g/mol. The number of hydrogen-bond donors (Lipinski definition) is 2. The summed E-state index contributed by atoms with van der Waals surface area (Å²) in [7, 11) is -3.17. The number of piperidine rings is 1. The number of H-pyrrole nitrogens is 1. The van der Waals surface area contributed by atoms with Crippen LogP contribution in [-0.4, -0.2) is 60.4 Å². The molecule has 35 heavy (non-hydrogen) atoms. The number of hydrogen-bond acceptors (Lipinski definition) is 5. The van der Waals surface area contributed by atoms with Crippen molar-refractivity contribution in [3.63, 3.8) is 0 Å². The van der Waals surface area contributed by atoms with Crippen molar-refractivity contribution in [3.8, 4) is 11.1 Å². The van der Waals surface area contributed by atoms with Crippen LogP contribution < -0.4 is 5.73 Å². The molecule has 4 heterocycles. The van der Waals surface area contributed by atoms with Crippen LogP contribution in [-0.2, 0) is 10.0 Å². The molecule has 3 N–H and O–H groups in total. The third-order valence-corrected chi connectivity index (χ3v) is 10.8. The number of primary amides is 1. The molecule has 2 saturated heterocycles. The number of likely N-dealkylation sites (tertiary alicyclic amines) is 1. The van der Waals surface area contributed by atoms with E-state index in [-0.39, 0.29) is 11.7 Å². The summed E-state index contributed by atoms with van der Waals surface area (Å²) in [4.78, 5) is 19.5. The molecule has 3 aromatic rings. The Kier molecular flexibility index (Phi) is 6.78. The first-order valence-corrected chi connectivity index (χ1v) is 15.0. The maximum Gasteiger partial charge on any atom is 0.250 e. The number of fused-ring (bicyclic) bond motifs is 1. The summed E-state index contributed by atoms with van der Waals surface area (Å²) in [6.07, 6.45) is 6.03. The molecule has 7 nitrogen and oxygen atoms in total. The van der Waals surface area contributed by atoms with Gasteiger partial charge in [0.05, 0.1) is 16.8 Å². The lowest BCUT2D eigenvalue weighted by molar-refractivity contribution is 0.100. The van der Waals surface area contributed by atoms with Gasteiger partial charge in [-0.3, -0.25) is 9.69 Å². The molecule has 9 heteroatoms. The number of nitrogens with two attached hydrogens (primary N) is 1. The third kappa shape index (κ3) is 4.67. The van der Waals surface area contributed by atoms with Gasteiger partial charge in [0.1, 0.15) is 0 Å².